The smallest absolute Gasteiger partial charge is 0.450 e. The van der Waals surface area contributed by atoms with Crippen LogP contribution in [0.2, 0.25) is 0 Å². The van der Waals surface area contributed by atoms with E-state index >= 15 is 0 Å². The zero-order valence-corrected chi connectivity index (χ0v) is 9.01. The van der Waals surface area contributed by atoms with Gasteiger partial charge in [0.05, 0.1) is 6.61 Å². The first-order valence-corrected chi connectivity index (χ1v) is 3.29. The minimum Gasteiger partial charge on any atom is -0.450 e. The summed E-state index contributed by atoms with van der Waals surface area (Å²) in [5, 5.41) is 26.3. The standard InChI is InChI=1S/C6H8O6.Na/c7-1-2(8)5-3(9)4(10)6(11)12-5;/h2-3,5,7-9H,1H2;/q;+1/t2-,3?,5-;/m1./s1. The molecule has 0 aromatic heterocycles. The van der Waals surface area contributed by atoms with Crippen molar-refractivity contribution in [2.45, 2.75) is 18.3 Å². The summed E-state index contributed by atoms with van der Waals surface area (Å²) in [4.78, 5) is 21.1. The molecule has 1 fully saturated rings. The molecule has 0 radical (unpaired) electrons. The Morgan fingerprint density at radius 2 is 2.00 bits per heavy atom. The molecule has 0 aliphatic carbocycles. The van der Waals surface area contributed by atoms with Crippen molar-refractivity contribution in [2.75, 3.05) is 6.61 Å². The van der Waals surface area contributed by atoms with E-state index in [1.807, 2.05) is 0 Å². The third-order valence-electron chi connectivity index (χ3n) is 1.59. The van der Waals surface area contributed by atoms with Gasteiger partial charge in [0, 0.05) is 0 Å². The number of carbonyl (C=O) groups is 2. The van der Waals surface area contributed by atoms with Crippen LogP contribution in [-0.4, -0.2) is 52.0 Å². The molecule has 1 aliphatic rings. The molecule has 1 heterocycles. The number of Topliss-reactive ketones (excluding diaryl/α,β-unsaturated/α-hetero) is 1. The number of rotatable bonds is 2. The van der Waals surface area contributed by atoms with Crippen LogP contribution in [0.15, 0.2) is 0 Å². The third kappa shape index (κ3) is 2.49. The van der Waals surface area contributed by atoms with Crippen molar-refractivity contribution in [1.82, 2.24) is 0 Å². The molecule has 0 bridgehead atoms. The molecule has 68 valence electrons. The Hall–Kier alpha value is 0.0200. The van der Waals surface area contributed by atoms with Crippen LogP contribution < -0.4 is 29.6 Å². The first-order chi connectivity index (χ1) is 5.57. The fourth-order valence-corrected chi connectivity index (χ4v) is 0.909. The van der Waals surface area contributed by atoms with E-state index in [4.69, 9.17) is 15.3 Å². The van der Waals surface area contributed by atoms with Gasteiger partial charge < -0.3 is 20.1 Å². The van der Waals surface area contributed by atoms with Crippen molar-refractivity contribution in [3.05, 3.63) is 0 Å². The van der Waals surface area contributed by atoms with Crippen molar-refractivity contribution in [3.63, 3.8) is 0 Å². The molecule has 13 heavy (non-hydrogen) atoms. The van der Waals surface area contributed by atoms with Gasteiger partial charge in [0.1, 0.15) is 6.10 Å². The monoisotopic (exact) mass is 199 g/mol. The molecule has 1 saturated heterocycles. The molecule has 1 rings (SSSR count). The van der Waals surface area contributed by atoms with Gasteiger partial charge in [-0.25, -0.2) is 4.79 Å². The number of ether oxygens (including phenoxy) is 1. The van der Waals surface area contributed by atoms with E-state index in [0.717, 1.165) is 0 Å². The van der Waals surface area contributed by atoms with Gasteiger partial charge in [0.2, 0.25) is 0 Å². The average molecular weight is 199 g/mol. The zero-order chi connectivity index (χ0) is 9.30. The van der Waals surface area contributed by atoms with Crippen LogP contribution in [0.4, 0.5) is 0 Å². The van der Waals surface area contributed by atoms with Crippen molar-refractivity contribution in [3.8, 4) is 0 Å². The average Bonchev–Trinajstić information content (AvgIpc) is 2.32. The van der Waals surface area contributed by atoms with E-state index in [0.29, 0.717) is 0 Å². The van der Waals surface area contributed by atoms with E-state index in [-0.39, 0.29) is 29.6 Å². The van der Waals surface area contributed by atoms with E-state index in [1.165, 1.54) is 0 Å². The van der Waals surface area contributed by atoms with E-state index in [1.54, 1.807) is 0 Å². The maximum absolute atomic E-state index is 10.6. The maximum atomic E-state index is 10.6. The molecule has 1 unspecified atom stereocenters. The summed E-state index contributed by atoms with van der Waals surface area (Å²) in [6, 6.07) is 0. The van der Waals surface area contributed by atoms with E-state index in [2.05, 4.69) is 4.74 Å². The molecule has 3 N–H and O–H groups in total. The van der Waals surface area contributed by atoms with Crippen LogP contribution in [0.3, 0.4) is 0 Å². The number of hydrogen-bond donors (Lipinski definition) is 3. The van der Waals surface area contributed by atoms with Crippen LogP contribution >= 0.6 is 0 Å². The summed E-state index contributed by atoms with van der Waals surface area (Å²) in [7, 11) is 0. The topological polar surface area (TPSA) is 104 Å². The largest absolute Gasteiger partial charge is 1.00 e. The van der Waals surface area contributed by atoms with Gasteiger partial charge in [0.25, 0.3) is 5.78 Å². The Balaban J connectivity index is 0.00000144. The normalized spacial score (nSPS) is 29.5. The Bertz CT molecular complexity index is 217. The fraction of sp³-hybridized carbons (Fsp3) is 0.667. The van der Waals surface area contributed by atoms with Crippen molar-refractivity contribution in [2.24, 2.45) is 0 Å². The van der Waals surface area contributed by atoms with Crippen LogP contribution in [0.5, 0.6) is 0 Å². The molecule has 3 atom stereocenters. The van der Waals surface area contributed by atoms with Gasteiger partial charge in [0.15, 0.2) is 12.2 Å². The van der Waals surface area contributed by atoms with Crippen LogP contribution in [-0.2, 0) is 14.3 Å². The maximum Gasteiger partial charge on any atom is 1.00 e. The van der Waals surface area contributed by atoms with Crippen molar-refractivity contribution < 1.29 is 59.2 Å². The summed E-state index contributed by atoms with van der Waals surface area (Å²) in [6.07, 6.45) is -4.43. The number of esters is 1. The predicted molar refractivity (Wildman–Crippen MR) is 34.0 cm³/mol. The van der Waals surface area contributed by atoms with Gasteiger partial charge >= 0.3 is 35.5 Å². The van der Waals surface area contributed by atoms with Gasteiger partial charge in [-0.15, -0.1) is 0 Å². The number of aliphatic hydroxyl groups excluding tert-OH is 3. The third-order valence-corrected chi connectivity index (χ3v) is 1.59. The molecule has 1 aliphatic heterocycles. The minimum absolute atomic E-state index is 0. The molecule has 7 heteroatoms. The molecule has 0 amide bonds. The summed E-state index contributed by atoms with van der Waals surface area (Å²) >= 11 is 0. The molecule has 0 aromatic rings. The van der Waals surface area contributed by atoms with E-state index < -0.39 is 36.7 Å². The van der Waals surface area contributed by atoms with Gasteiger partial charge in [-0.05, 0) is 0 Å². The van der Waals surface area contributed by atoms with Crippen LogP contribution in [0.1, 0.15) is 0 Å². The number of aliphatic hydroxyl groups is 3. The Morgan fingerprint density at radius 3 is 2.31 bits per heavy atom. The number of hydrogen-bond acceptors (Lipinski definition) is 6. The van der Waals surface area contributed by atoms with Crippen molar-refractivity contribution >= 4 is 11.8 Å². The molecule has 0 aromatic carbocycles. The predicted octanol–water partition coefficient (Wildman–Crippen LogP) is -5.80. The van der Waals surface area contributed by atoms with Crippen LogP contribution in [0.25, 0.3) is 0 Å². The summed E-state index contributed by atoms with van der Waals surface area (Å²) in [6.45, 7) is -0.678. The van der Waals surface area contributed by atoms with E-state index in [9.17, 15) is 9.59 Å². The second-order valence-electron chi connectivity index (χ2n) is 2.43. The van der Waals surface area contributed by atoms with Crippen LogP contribution in [0, 0.1) is 0 Å². The molecule has 0 spiro atoms. The Morgan fingerprint density at radius 1 is 1.46 bits per heavy atom. The fourth-order valence-electron chi connectivity index (χ4n) is 0.909. The van der Waals surface area contributed by atoms with Gasteiger partial charge in [-0.2, -0.15) is 0 Å². The quantitative estimate of drug-likeness (QED) is 0.232. The second kappa shape index (κ2) is 5.04. The number of ketones is 1. The molecule has 6 nitrogen and oxygen atoms in total. The molecular formula is C6H8NaO6+. The first kappa shape index (κ1) is 13.0. The van der Waals surface area contributed by atoms with Gasteiger partial charge in [-0.1, -0.05) is 0 Å². The Labute approximate surface area is 95.8 Å². The Kier molecular flexibility index (Phi) is 5.05. The number of carbonyl (C=O) groups excluding carboxylic acids is 2. The first-order valence-electron chi connectivity index (χ1n) is 3.29. The molecular weight excluding hydrogens is 191 g/mol. The number of cyclic esters (lactones) is 1. The minimum atomic E-state index is -1.67. The second-order valence-corrected chi connectivity index (χ2v) is 2.43. The van der Waals surface area contributed by atoms with Gasteiger partial charge in [-0.3, -0.25) is 4.79 Å². The summed E-state index contributed by atoms with van der Waals surface area (Å²) < 4.78 is 4.29. The summed E-state index contributed by atoms with van der Waals surface area (Å²) in [5.41, 5.74) is 0. The SMILES string of the molecule is O=C1O[C@H]([C@H](O)CO)C(O)C1=O.[Na+]. The van der Waals surface area contributed by atoms with Crippen molar-refractivity contribution in [1.29, 1.82) is 0 Å². The zero-order valence-electron chi connectivity index (χ0n) is 7.01. The molecule has 0 saturated carbocycles. The summed E-state index contributed by atoms with van der Waals surface area (Å²) in [5.74, 6) is -2.27.